The quantitative estimate of drug-likeness (QED) is 0.846. The van der Waals surface area contributed by atoms with Gasteiger partial charge in [-0.2, -0.15) is 0 Å². The fourth-order valence-electron chi connectivity index (χ4n) is 3.15. The Hall–Kier alpha value is -1.26. The second-order valence-corrected chi connectivity index (χ2v) is 5.54. The predicted octanol–water partition coefficient (Wildman–Crippen LogP) is 2.45. The standard InChI is InChI=1S/C15H20O4/c1-10-8-15(5-6-18-10)9-13(16)12-7-11(17-2)3-4-14(12)19-15/h3-4,7,10,13,16H,5-6,8-9H2,1-2H3/t10?,13-,15?/m1/s1. The molecule has 0 saturated carbocycles. The summed E-state index contributed by atoms with van der Waals surface area (Å²) in [6.45, 7) is 2.75. The van der Waals surface area contributed by atoms with Crippen molar-refractivity contribution in [3.8, 4) is 11.5 Å². The zero-order chi connectivity index (χ0) is 13.5. The highest BCUT2D eigenvalue weighted by molar-refractivity contribution is 5.43. The van der Waals surface area contributed by atoms with Crippen LogP contribution in [0, 0.1) is 0 Å². The maximum Gasteiger partial charge on any atom is 0.126 e. The van der Waals surface area contributed by atoms with Gasteiger partial charge in [-0.15, -0.1) is 0 Å². The average molecular weight is 264 g/mol. The van der Waals surface area contributed by atoms with Crippen molar-refractivity contribution in [2.24, 2.45) is 0 Å². The molecule has 4 heteroatoms. The van der Waals surface area contributed by atoms with E-state index in [1.54, 1.807) is 7.11 Å². The van der Waals surface area contributed by atoms with Crippen LogP contribution in [0.3, 0.4) is 0 Å². The maximum atomic E-state index is 10.4. The van der Waals surface area contributed by atoms with E-state index in [2.05, 4.69) is 6.92 Å². The van der Waals surface area contributed by atoms with Crippen LogP contribution in [-0.2, 0) is 4.74 Å². The first-order valence-corrected chi connectivity index (χ1v) is 6.78. The van der Waals surface area contributed by atoms with Crippen molar-refractivity contribution < 1.29 is 19.3 Å². The minimum absolute atomic E-state index is 0.181. The number of ether oxygens (including phenoxy) is 3. The monoisotopic (exact) mass is 264 g/mol. The molecule has 2 unspecified atom stereocenters. The van der Waals surface area contributed by atoms with Crippen LogP contribution in [0.1, 0.15) is 37.9 Å². The van der Waals surface area contributed by atoms with Gasteiger partial charge >= 0.3 is 0 Å². The molecule has 104 valence electrons. The van der Waals surface area contributed by atoms with Gasteiger partial charge in [0.2, 0.25) is 0 Å². The normalized spacial score (nSPS) is 33.6. The van der Waals surface area contributed by atoms with E-state index in [4.69, 9.17) is 14.2 Å². The topological polar surface area (TPSA) is 47.9 Å². The van der Waals surface area contributed by atoms with Crippen LogP contribution in [0.2, 0.25) is 0 Å². The molecule has 1 saturated heterocycles. The second kappa shape index (κ2) is 4.69. The molecule has 3 atom stereocenters. The molecule has 1 N–H and O–H groups in total. The predicted molar refractivity (Wildman–Crippen MR) is 70.6 cm³/mol. The molecule has 2 aliphatic heterocycles. The van der Waals surface area contributed by atoms with Gasteiger partial charge in [-0.3, -0.25) is 0 Å². The summed E-state index contributed by atoms with van der Waals surface area (Å²) >= 11 is 0. The van der Waals surface area contributed by atoms with Crippen LogP contribution >= 0.6 is 0 Å². The minimum Gasteiger partial charge on any atom is -0.497 e. The van der Waals surface area contributed by atoms with Crippen molar-refractivity contribution in [3.63, 3.8) is 0 Å². The lowest BCUT2D eigenvalue weighted by Crippen LogP contribution is -2.47. The largest absolute Gasteiger partial charge is 0.497 e. The number of benzene rings is 1. The zero-order valence-corrected chi connectivity index (χ0v) is 11.4. The van der Waals surface area contributed by atoms with Gasteiger partial charge in [-0.25, -0.2) is 0 Å². The summed E-state index contributed by atoms with van der Waals surface area (Å²) in [5.41, 5.74) is 0.544. The molecule has 2 aliphatic rings. The summed E-state index contributed by atoms with van der Waals surface area (Å²) < 4.78 is 17.0. The zero-order valence-electron chi connectivity index (χ0n) is 11.4. The smallest absolute Gasteiger partial charge is 0.126 e. The van der Waals surface area contributed by atoms with Gasteiger partial charge in [-0.05, 0) is 25.1 Å². The molecule has 1 spiro atoms. The Balaban J connectivity index is 1.91. The molecular formula is C15H20O4. The van der Waals surface area contributed by atoms with Crippen LogP contribution in [0.15, 0.2) is 18.2 Å². The maximum absolute atomic E-state index is 10.4. The van der Waals surface area contributed by atoms with E-state index < -0.39 is 6.10 Å². The number of aliphatic hydroxyl groups excluding tert-OH is 1. The van der Waals surface area contributed by atoms with Crippen LogP contribution in [0.4, 0.5) is 0 Å². The lowest BCUT2D eigenvalue weighted by Gasteiger charge is -2.44. The lowest BCUT2D eigenvalue weighted by atomic mass is 9.81. The third-order valence-corrected chi connectivity index (χ3v) is 4.09. The molecular weight excluding hydrogens is 244 g/mol. The molecule has 0 aromatic heterocycles. The van der Waals surface area contributed by atoms with Crippen molar-refractivity contribution in [1.29, 1.82) is 0 Å². The Morgan fingerprint density at radius 1 is 1.37 bits per heavy atom. The molecule has 4 nitrogen and oxygen atoms in total. The Labute approximate surface area is 113 Å². The second-order valence-electron chi connectivity index (χ2n) is 5.54. The minimum atomic E-state index is -0.496. The Kier molecular flexibility index (Phi) is 3.15. The van der Waals surface area contributed by atoms with Crippen LogP contribution < -0.4 is 9.47 Å². The Morgan fingerprint density at radius 3 is 2.95 bits per heavy atom. The number of rotatable bonds is 1. The average Bonchev–Trinajstić information content (AvgIpc) is 2.38. The Bertz CT molecular complexity index is 473. The summed E-state index contributed by atoms with van der Waals surface area (Å²) in [4.78, 5) is 0. The highest BCUT2D eigenvalue weighted by Crippen LogP contribution is 2.45. The summed E-state index contributed by atoms with van der Waals surface area (Å²) in [5, 5.41) is 10.4. The summed E-state index contributed by atoms with van der Waals surface area (Å²) in [6, 6.07) is 5.61. The van der Waals surface area contributed by atoms with Crippen LogP contribution in [0.5, 0.6) is 11.5 Å². The first-order chi connectivity index (χ1) is 9.12. The highest BCUT2D eigenvalue weighted by atomic mass is 16.5. The van der Waals surface area contributed by atoms with Crippen molar-refractivity contribution in [1.82, 2.24) is 0 Å². The Morgan fingerprint density at radius 2 is 2.21 bits per heavy atom. The van der Waals surface area contributed by atoms with Gasteiger partial charge < -0.3 is 19.3 Å². The number of hydrogen-bond acceptors (Lipinski definition) is 4. The van der Waals surface area contributed by atoms with Crippen molar-refractivity contribution in [2.75, 3.05) is 13.7 Å². The lowest BCUT2D eigenvalue weighted by molar-refractivity contribution is -0.111. The third-order valence-electron chi connectivity index (χ3n) is 4.09. The third kappa shape index (κ3) is 2.30. The molecule has 2 heterocycles. The van der Waals surface area contributed by atoms with Crippen molar-refractivity contribution in [2.45, 2.75) is 44.0 Å². The van der Waals surface area contributed by atoms with Crippen LogP contribution in [0.25, 0.3) is 0 Å². The van der Waals surface area contributed by atoms with E-state index in [-0.39, 0.29) is 11.7 Å². The molecule has 19 heavy (non-hydrogen) atoms. The van der Waals surface area contributed by atoms with E-state index >= 15 is 0 Å². The van der Waals surface area contributed by atoms with Gasteiger partial charge in [0, 0.05) is 24.8 Å². The van der Waals surface area contributed by atoms with E-state index in [0.29, 0.717) is 13.0 Å². The summed E-state index contributed by atoms with van der Waals surface area (Å²) in [5.74, 6) is 1.52. The number of fused-ring (bicyclic) bond motifs is 1. The molecule has 0 radical (unpaired) electrons. The van der Waals surface area contributed by atoms with Crippen molar-refractivity contribution in [3.05, 3.63) is 23.8 Å². The van der Waals surface area contributed by atoms with E-state index in [1.165, 1.54) is 0 Å². The van der Waals surface area contributed by atoms with Crippen LogP contribution in [-0.4, -0.2) is 30.5 Å². The molecule has 1 fully saturated rings. The summed E-state index contributed by atoms with van der Waals surface area (Å²) in [7, 11) is 1.62. The first-order valence-electron chi connectivity index (χ1n) is 6.78. The molecule has 0 aliphatic carbocycles. The van der Waals surface area contributed by atoms with Gasteiger partial charge in [-0.1, -0.05) is 0 Å². The fraction of sp³-hybridized carbons (Fsp3) is 0.600. The number of aliphatic hydroxyl groups is 1. The van der Waals surface area contributed by atoms with Gasteiger partial charge in [0.05, 0.1) is 25.9 Å². The SMILES string of the molecule is COc1ccc2c(c1)[C@H](O)CC1(CCOC(C)C1)O2. The number of hydrogen-bond donors (Lipinski definition) is 1. The molecule has 0 amide bonds. The van der Waals surface area contributed by atoms with E-state index in [1.807, 2.05) is 18.2 Å². The van der Waals surface area contributed by atoms with Gasteiger partial charge in [0.1, 0.15) is 17.1 Å². The number of methoxy groups -OCH3 is 1. The molecule has 1 aromatic rings. The first kappa shape index (κ1) is 12.8. The van der Waals surface area contributed by atoms with Gasteiger partial charge in [0.25, 0.3) is 0 Å². The summed E-state index contributed by atoms with van der Waals surface area (Å²) in [6.07, 6.45) is 1.97. The highest BCUT2D eigenvalue weighted by Gasteiger charge is 2.43. The fourth-order valence-corrected chi connectivity index (χ4v) is 3.15. The molecule has 0 bridgehead atoms. The van der Waals surface area contributed by atoms with E-state index in [9.17, 15) is 5.11 Å². The van der Waals surface area contributed by atoms with Crippen molar-refractivity contribution >= 4 is 0 Å². The van der Waals surface area contributed by atoms with Gasteiger partial charge in [0.15, 0.2) is 0 Å². The molecule has 3 rings (SSSR count). The van der Waals surface area contributed by atoms with E-state index in [0.717, 1.165) is 29.9 Å². The molecule has 1 aromatic carbocycles.